The van der Waals surface area contributed by atoms with E-state index < -0.39 is 5.97 Å². The van der Waals surface area contributed by atoms with Crippen molar-refractivity contribution in [1.82, 2.24) is 9.55 Å². The molecule has 0 aliphatic carbocycles. The molecular weight excluding hydrogens is 368 g/mol. The largest absolute Gasteiger partial charge is 0.477 e. The van der Waals surface area contributed by atoms with E-state index >= 15 is 0 Å². The number of hydrogen-bond acceptors (Lipinski definition) is 2. The predicted molar refractivity (Wildman–Crippen MR) is 98.3 cm³/mol. The van der Waals surface area contributed by atoms with Crippen molar-refractivity contribution in [3.8, 4) is 11.3 Å². The Balaban J connectivity index is 2.18. The summed E-state index contributed by atoms with van der Waals surface area (Å²) in [6, 6.07) is 17.4. The molecule has 0 amide bonds. The van der Waals surface area contributed by atoms with E-state index in [0.29, 0.717) is 5.69 Å². The van der Waals surface area contributed by atoms with Gasteiger partial charge in [0.1, 0.15) is 5.69 Å². The topological polar surface area (TPSA) is 55.1 Å². The molecule has 1 N–H and O–H groups in total. The molecule has 0 atom stereocenters. The number of hydrogen-bond donors (Lipinski definition) is 1. The average Bonchev–Trinajstić information content (AvgIpc) is 2.88. The number of aromatic nitrogens is 2. The normalized spacial score (nSPS) is 11.2. The number of para-hydroxylation sites is 1. The summed E-state index contributed by atoms with van der Waals surface area (Å²) in [5.74, 6) is -1.02. The maximum atomic E-state index is 11.5. The van der Waals surface area contributed by atoms with Gasteiger partial charge in [-0.1, -0.05) is 46.3 Å². The molecule has 0 radical (unpaired) electrons. The van der Waals surface area contributed by atoms with E-state index in [4.69, 9.17) is 0 Å². The maximum Gasteiger partial charge on any atom is 0.354 e. The zero-order valence-corrected chi connectivity index (χ0v) is 14.4. The minimum Gasteiger partial charge on any atom is -0.477 e. The second-order valence-electron chi connectivity index (χ2n) is 5.64. The predicted octanol–water partition coefficient (Wildman–Crippen LogP) is 4.85. The first-order chi connectivity index (χ1) is 11.6. The van der Waals surface area contributed by atoms with Crippen molar-refractivity contribution in [2.45, 2.75) is 0 Å². The lowest BCUT2D eigenvalue weighted by Gasteiger charge is -2.08. The molecule has 4 aromatic rings. The minimum atomic E-state index is -1.02. The Hall–Kier alpha value is -2.66. The maximum absolute atomic E-state index is 11.5. The van der Waals surface area contributed by atoms with E-state index in [1.54, 1.807) is 6.07 Å². The summed E-state index contributed by atoms with van der Waals surface area (Å²) in [5, 5.41) is 11.4. The smallest absolute Gasteiger partial charge is 0.354 e. The monoisotopic (exact) mass is 380 g/mol. The molecule has 2 aromatic heterocycles. The highest BCUT2D eigenvalue weighted by Gasteiger charge is 2.18. The van der Waals surface area contributed by atoms with Crippen LogP contribution in [0.2, 0.25) is 0 Å². The molecule has 0 fully saturated rings. The molecule has 0 bridgehead atoms. The van der Waals surface area contributed by atoms with E-state index in [1.807, 2.05) is 55.6 Å². The van der Waals surface area contributed by atoms with Crippen molar-refractivity contribution >= 4 is 43.7 Å². The van der Waals surface area contributed by atoms with Gasteiger partial charge in [-0.15, -0.1) is 0 Å². The molecule has 2 aromatic carbocycles. The Morgan fingerprint density at radius 1 is 1.08 bits per heavy atom. The highest BCUT2D eigenvalue weighted by atomic mass is 79.9. The van der Waals surface area contributed by atoms with Crippen LogP contribution in [0.5, 0.6) is 0 Å². The Kier molecular flexibility index (Phi) is 3.39. The van der Waals surface area contributed by atoms with Gasteiger partial charge in [-0.25, -0.2) is 9.78 Å². The third-order valence-corrected chi connectivity index (χ3v) is 4.75. The van der Waals surface area contributed by atoms with Crippen molar-refractivity contribution in [1.29, 1.82) is 0 Å². The number of fused-ring (bicyclic) bond motifs is 3. The fourth-order valence-electron chi connectivity index (χ4n) is 3.12. The average molecular weight is 381 g/mol. The number of pyridine rings is 1. The summed E-state index contributed by atoms with van der Waals surface area (Å²) >= 11 is 3.43. The zero-order valence-electron chi connectivity index (χ0n) is 12.8. The Morgan fingerprint density at radius 2 is 1.79 bits per heavy atom. The Labute approximate surface area is 146 Å². The second kappa shape index (κ2) is 5.46. The number of rotatable bonds is 2. The van der Waals surface area contributed by atoms with Gasteiger partial charge in [0.25, 0.3) is 0 Å². The summed E-state index contributed by atoms with van der Waals surface area (Å²) in [5.41, 5.74) is 3.60. The number of carboxylic acids is 1. The molecule has 0 saturated carbocycles. The number of aryl methyl sites for hydroxylation is 1. The number of benzene rings is 2. The van der Waals surface area contributed by atoms with Gasteiger partial charge < -0.3 is 9.67 Å². The Morgan fingerprint density at radius 3 is 2.50 bits per heavy atom. The van der Waals surface area contributed by atoms with Gasteiger partial charge in [0, 0.05) is 33.4 Å². The van der Waals surface area contributed by atoms with E-state index in [-0.39, 0.29) is 5.69 Å². The number of nitrogens with zero attached hydrogens (tertiary/aromatic N) is 2. The first-order valence-corrected chi connectivity index (χ1v) is 8.23. The lowest BCUT2D eigenvalue weighted by molar-refractivity contribution is 0.0691. The van der Waals surface area contributed by atoms with Crippen molar-refractivity contribution in [2.24, 2.45) is 7.05 Å². The van der Waals surface area contributed by atoms with Gasteiger partial charge >= 0.3 is 5.97 Å². The molecule has 4 nitrogen and oxygen atoms in total. The van der Waals surface area contributed by atoms with Crippen LogP contribution in [-0.4, -0.2) is 20.6 Å². The van der Waals surface area contributed by atoms with Crippen molar-refractivity contribution in [3.05, 3.63) is 64.8 Å². The number of carboxylic acid groups (broad SMARTS) is 1. The van der Waals surface area contributed by atoms with Crippen LogP contribution in [0.25, 0.3) is 33.1 Å². The summed E-state index contributed by atoms with van der Waals surface area (Å²) in [6.07, 6.45) is 0. The molecule has 0 unspecified atom stereocenters. The van der Waals surface area contributed by atoms with Gasteiger partial charge in [-0.05, 0) is 24.3 Å². The van der Waals surface area contributed by atoms with Gasteiger partial charge in [-0.2, -0.15) is 0 Å². The highest BCUT2D eigenvalue weighted by molar-refractivity contribution is 9.10. The van der Waals surface area contributed by atoms with Crippen LogP contribution in [0, 0.1) is 0 Å². The molecule has 118 valence electrons. The molecule has 0 spiro atoms. The van der Waals surface area contributed by atoms with Gasteiger partial charge in [0.15, 0.2) is 0 Å². The first kappa shape index (κ1) is 14.9. The quantitative estimate of drug-likeness (QED) is 0.540. The third-order valence-electron chi connectivity index (χ3n) is 4.22. The van der Waals surface area contributed by atoms with E-state index in [2.05, 4.69) is 25.5 Å². The second-order valence-corrected chi connectivity index (χ2v) is 6.56. The fraction of sp³-hybridized carbons (Fsp3) is 0.0526. The molecule has 0 saturated heterocycles. The SMILES string of the molecule is Cn1c2ccccc2c2cc(C(=O)O)nc(-c3ccc(Br)cc3)c21. The summed E-state index contributed by atoms with van der Waals surface area (Å²) < 4.78 is 3.04. The summed E-state index contributed by atoms with van der Waals surface area (Å²) in [6.45, 7) is 0. The van der Waals surface area contributed by atoms with Crippen LogP contribution < -0.4 is 0 Å². The van der Waals surface area contributed by atoms with Crippen LogP contribution in [0.1, 0.15) is 10.5 Å². The number of halogens is 1. The number of carbonyl (C=O) groups is 1. The van der Waals surface area contributed by atoms with E-state index in [0.717, 1.165) is 31.8 Å². The van der Waals surface area contributed by atoms with Crippen LogP contribution in [0.4, 0.5) is 0 Å². The van der Waals surface area contributed by atoms with Crippen LogP contribution in [0.15, 0.2) is 59.1 Å². The fourth-order valence-corrected chi connectivity index (χ4v) is 3.38. The standard InChI is InChI=1S/C19H13BrN2O2/c1-22-16-5-3-2-4-13(16)14-10-15(19(23)24)21-17(18(14)22)11-6-8-12(20)9-7-11/h2-10H,1H3,(H,23,24). The molecule has 0 aliphatic rings. The molecule has 4 rings (SSSR count). The third kappa shape index (κ3) is 2.20. The summed E-state index contributed by atoms with van der Waals surface area (Å²) in [7, 11) is 1.98. The summed E-state index contributed by atoms with van der Waals surface area (Å²) in [4.78, 5) is 16.0. The van der Waals surface area contributed by atoms with Crippen LogP contribution in [0.3, 0.4) is 0 Å². The lowest BCUT2D eigenvalue weighted by atomic mass is 10.1. The van der Waals surface area contributed by atoms with Gasteiger partial charge in [-0.3, -0.25) is 0 Å². The van der Waals surface area contributed by atoms with Crippen LogP contribution in [-0.2, 0) is 7.05 Å². The van der Waals surface area contributed by atoms with Crippen molar-refractivity contribution in [2.75, 3.05) is 0 Å². The molecule has 2 heterocycles. The highest BCUT2D eigenvalue weighted by Crippen LogP contribution is 2.35. The minimum absolute atomic E-state index is 0.0526. The van der Waals surface area contributed by atoms with E-state index in [1.165, 1.54) is 0 Å². The van der Waals surface area contributed by atoms with Crippen molar-refractivity contribution < 1.29 is 9.90 Å². The van der Waals surface area contributed by atoms with E-state index in [9.17, 15) is 9.90 Å². The van der Waals surface area contributed by atoms with Crippen molar-refractivity contribution in [3.63, 3.8) is 0 Å². The molecular formula is C19H13BrN2O2. The Bertz CT molecular complexity index is 1100. The molecule has 5 heteroatoms. The van der Waals surface area contributed by atoms with Gasteiger partial charge in [0.2, 0.25) is 0 Å². The molecule has 24 heavy (non-hydrogen) atoms. The number of aromatic carboxylic acids is 1. The molecule has 0 aliphatic heterocycles. The first-order valence-electron chi connectivity index (χ1n) is 7.43. The van der Waals surface area contributed by atoms with Gasteiger partial charge in [0.05, 0.1) is 11.2 Å². The lowest BCUT2D eigenvalue weighted by Crippen LogP contribution is -2.02. The zero-order chi connectivity index (χ0) is 16.8. The van der Waals surface area contributed by atoms with Crippen LogP contribution >= 0.6 is 15.9 Å².